The third kappa shape index (κ3) is 5.34. The van der Waals surface area contributed by atoms with Crippen molar-refractivity contribution < 1.29 is 28.5 Å². The Bertz CT molecular complexity index is 1660. The van der Waals surface area contributed by atoms with Gasteiger partial charge in [-0.2, -0.15) is 0 Å². The highest BCUT2D eigenvalue weighted by Crippen LogP contribution is 2.37. The van der Waals surface area contributed by atoms with Gasteiger partial charge in [0.05, 0.1) is 35.7 Å². The molecule has 0 amide bonds. The Labute approximate surface area is 239 Å². The minimum atomic E-state index is -1.82. The number of nitrogens with zero attached hydrogens (tertiary/aromatic N) is 3. The molecule has 1 N–H and O–H groups in total. The van der Waals surface area contributed by atoms with Crippen molar-refractivity contribution in [2.75, 3.05) is 19.8 Å². The molecule has 1 fully saturated rings. The molecule has 0 aliphatic carbocycles. The number of benzene rings is 1. The van der Waals surface area contributed by atoms with E-state index in [9.17, 15) is 19.5 Å². The first-order chi connectivity index (χ1) is 19.6. The van der Waals surface area contributed by atoms with Gasteiger partial charge in [0.2, 0.25) is 5.89 Å². The topological polar surface area (TPSA) is 135 Å². The number of aryl methyl sites for hydroxylation is 1. The molecule has 3 aromatic heterocycles. The Kier molecular flexibility index (Phi) is 8.16. The Morgan fingerprint density at radius 1 is 1.24 bits per heavy atom. The summed E-state index contributed by atoms with van der Waals surface area (Å²) in [5.74, 6) is -0.374. The second-order valence-corrected chi connectivity index (χ2v) is 11.4. The highest BCUT2D eigenvalue weighted by Gasteiger charge is 2.36. The van der Waals surface area contributed by atoms with Crippen molar-refractivity contribution in [1.82, 2.24) is 14.1 Å². The molecule has 1 saturated heterocycles. The molecule has 0 saturated carbocycles. The van der Waals surface area contributed by atoms with Crippen molar-refractivity contribution in [1.29, 1.82) is 0 Å². The fourth-order valence-electron chi connectivity index (χ4n) is 5.09. The summed E-state index contributed by atoms with van der Waals surface area (Å²) >= 11 is 1.20. The van der Waals surface area contributed by atoms with Crippen LogP contribution in [0.2, 0.25) is 0 Å². The SMILES string of the molecule is CCOc1ccccc1[C@H](Cn1c(=O)n(C(C)(C)C(=O)O)c(=O)c2c(C)c(-c3ncco3)sc21)OC1CCOCC1. The van der Waals surface area contributed by atoms with Crippen LogP contribution in [0.3, 0.4) is 0 Å². The smallest absolute Gasteiger partial charge is 0.333 e. The molecule has 0 unspecified atom stereocenters. The highest BCUT2D eigenvalue weighted by molar-refractivity contribution is 7.22. The lowest BCUT2D eigenvalue weighted by Gasteiger charge is -2.30. The van der Waals surface area contributed by atoms with E-state index >= 15 is 0 Å². The van der Waals surface area contributed by atoms with Crippen molar-refractivity contribution in [3.05, 3.63) is 68.7 Å². The van der Waals surface area contributed by atoms with Crippen LogP contribution in [0.5, 0.6) is 5.75 Å². The van der Waals surface area contributed by atoms with Gasteiger partial charge < -0.3 is 23.7 Å². The molecule has 0 radical (unpaired) electrons. The van der Waals surface area contributed by atoms with Crippen LogP contribution in [0, 0.1) is 6.92 Å². The first-order valence-electron chi connectivity index (χ1n) is 13.5. The Balaban J connectivity index is 1.75. The van der Waals surface area contributed by atoms with Crippen LogP contribution in [0.15, 0.2) is 50.7 Å². The first-order valence-corrected chi connectivity index (χ1v) is 14.3. The molecule has 5 rings (SSSR count). The third-order valence-corrected chi connectivity index (χ3v) is 8.66. The van der Waals surface area contributed by atoms with Gasteiger partial charge >= 0.3 is 11.7 Å². The molecule has 218 valence electrons. The van der Waals surface area contributed by atoms with Gasteiger partial charge in [-0.25, -0.2) is 19.1 Å². The number of hydrogen-bond donors (Lipinski definition) is 1. The molecular formula is C29H33N3O8S. The molecule has 41 heavy (non-hydrogen) atoms. The predicted octanol–water partition coefficient (Wildman–Crippen LogP) is 4.34. The number of fused-ring (bicyclic) bond motifs is 1. The molecule has 11 nitrogen and oxygen atoms in total. The van der Waals surface area contributed by atoms with Gasteiger partial charge in [-0.3, -0.25) is 9.36 Å². The van der Waals surface area contributed by atoms with E-state index in [1.165, 1.54) is 42.2 Å². The van der Waals surface area contributed by atoms with Crippen LogP contribution in [0.4, 0.5) is 0 Å². The number of carboxylic acid groups (broad SMARTS) is 1. The fraction of sp³-hybridized carbons (Fsp3) is 0.448. The number of carboxylic acids is 1. The second kappa shape index (κ2) is 11.6. The Morgan fingerprint density at radius 3 is 2.63 bits per heavy atom. The molecule has 1 atom stereocenters. The molecule has 4 heterocycles. The maximum atomic E-state index is 14.2. The maximum absolute atomic E-state index is 14.2. The monoisotopic (exact) mass is 583 g/mol. The van der Waals surface area contributed by atoms with Crippen LogP contribution in [0.25, 0.3) is 21.0 Å². The fourth-order valence-corrected chi connectivity index (χ4v) is 6.34. The van der Waals surface area contributed by atoms with E-state index in [0.29, 0.717) is 59.6 Å². The predicted molar refractivity (Wildman–Crippen MR) is 153 cm³/mol. The average molecular weight is 584 g/mol. The number of rotatable bonds is 10. The highest BCUT2D eigenvalue weighted by atomic mass is 32.1. The molecule has 1 aliphatic heterocycles. The van der Waals surface area contributed by atoms with Crippen LogP contribution < -0.4 is 16.0 Å². The molecule has 0 spiro atoms. The van der Waals surface area contributed by atoms with Gasteiger partial charge in [-0.1, -0.05) is 18.2 Å². The molecule has 4 aromatic rings. The number of oxazole rings is 1. The maximum Gasteiger partial charge on any atom is 0.333 e. The summed E-state index contributed by atoms with van der Waals surface area (Å²) in [7, 11) is 0. The largest absolute Gasteiger partial charge is 0.493 e. The number of para-hydroxylation sites is 1. The first kappa shape index (κ1) is 28.8. The van der Waals surface area contributed by atoms with E-state index in [-0.39, 0.29) is 18.0 Å². The average Bonchev–Trinajstić information content (AvgIpc) is 3.59. The Hall–Kier alpha value is -3.74. The van der Waals surface area contributed by atoms with Gasteiger partial charge in [-0.15, -0.1) is 11.3 Å². The normalized spacial score (nSPS) is 15.3. The van der Waals surface area contributed by atoms with Crippen molar-refractivity contribution >= 4 is 27.5 Å². The summed E-state index contributed by atoms with van der Waals surface area (Å²) in [6.07, 6.45) is 3.55. The lowest BCUT2D eigenvalue weighted by molar-refractivity contribution is -0.146. The number of aromatic nitrogens is 3. The lowest BCUT2D eigenvalue weighted by atomic mass is 10.0. The lowest BCUT2D eigenvalue weighted by Crippen LogP contribution is -2.52. The zero-order valence-corrected chi connectivity index (χ0v) is 24.2. The van der Waals surface area contributed by atoms with E-state index in [1.807, 2.05) is 31.2 Å². The van der Waals surface area contributed by atoms with Crippen LogP contribution in [-0.4, -0.2) is 51.1 Å². The van der Waals surface area contributed by atoms with E-state index in [4.69, 9.17) is 18.6 Å². The molecule has 1 aromatic carbocycles. The van der Waals surface area contributed by atoms with Crippen molar-refractivity contribution in [2.24, 2.45) is 0 Å². The van der Waals surface area contributed by atoms with E-state index in [0.717, 1.165) is 10.1 Å². The molecule has 0 bridgehead atoms. The minimum Gasteiger partial charge on any atom is -0.493 e. The summed E-state index contributed by atoms with van der Waals surface area (Å²) in [6.45, 7) is 7.89. The van der Waals surface area contributed by atoms with Crippen LogP contribution in [0.1, 0.15) is 50.8 Å². The van der Waals surface area contributed by atoms with Gasteiger partial charge in [0.1, 0.15) is 28.5 Å². The van der Waals surface area contributed by atoms with Crippen molar-refractivity contribution in [2.45, 2.75) is 64.8 Å². The number of thiophene rings is 1. The zero-order valence-electron chi connectivity index (χ0n) is 23.4. The van der Waals surface area contributed by atoms with E-state index < -0.39 is 28.9 Å². The zero-order chi connectivity index (χ0) is 29.3. The molecule has 1 aliphatic rings. The van der Waals surface area contributed by atoms with Gasteiger partial charge in [0.25, 0.3) is 5.56 Å². The van der Waals surface area contributed by atoms with Gasteiger partial charge in [0, 0.05) is 18.8 Å². The summed E-state index contributed by atoms with van der Waals surface area (Å²) < 4.78 is 25.9. The summed E-state index contributed by atoms with van der Waals surface area (Å²) in [4.78, 5) is 45.5. The van der Waals surface area contributed by atoms with Gasteiger partial charge in [0.15, 0.2) is 0 Å². The summed E-state index contributed by atoms with van der Waals surface area (Å²) in [5, 5.41) is 10.3. The van der Waals surface area contributed by atoms with Crippen molar-refractivity contribution in [3.8, 4) is 16.5 Å². The van der Waals surface area contributed by atoms with E-state index in [1.54, 1.807) is 6.92 Å². The minimum absolute atomic E-state index is 0.0116. The number of aliphatic carboxylic acids is 1. The number of carbonyl (C=O) groups is 1. The third-order valence-electron chi connectivity index (χ3n) is 7.36. The quantitative estimate of drug-likeness (QED) is 0.289. The second-order valence-electron chi connectivity index (χ2n) is 10.4. The van der Waals surface area contributed by atoms with Gasteiger partial charge in [-0.05, 0) is 52.2 Å². The standard InChI is InChI=1S/C29H33N3O8S/c1-5-38-20-9-7-6-8-19(20)21(40-18-10-13-37-14-11-18)16-31-26-22(17(2)23(41-26)24-30-12-15-39-24)25(33)32(28(31)36)29(3,4)27(34)35/h6-9,12,15,18,21H,5,10-11,13-14,16H2,1-4H3,(H,34,35)/t21-/m0/s1. The van der Waals surface area contributed by atoms with Crippen LogP contribution in [-0.2, 0) is 26.4 Å². The summed E-state index contributed by atoms with van der Waals surface area (Å²) in [6, 6.07) is 7.49. The number of ether oxygens (including phenoxy) is 3. The Morgan fingerprint density at radius 2 is 1.98 bits per heavy atom. The molecule has 12 heteroatoms. The summed E-state index contributed by atoms with van der Waals surface area (Å²) in [5.41, 5.74) is -1.95. The van der Waals surface area contributed by atoms with Crippen LogP contribution >= 0.6 is 11.3 Å². The van der Waals surface area contributed by atoms with Crippen molar-refractivity contribution in [3.63, 3.8) is 0 Å². The van der Waals surface area contributed by atoms with E-state index in [2.05, 4.69) is 4.98 Å². The number of hydrogen-bond acceptors (Lipinski definition) is 9. The molecular weight excluding hydrogens is 550 g/mol.